The molecule has 0 atom stereocenters. The van der Waals surface area contributed by atoms with Crippen LogP contribution in [-0.4, -0.2) is 11.9 Å². The second kappa shape index (κ2) is 8.65. The SMILES string of the molecule is CCC/C(C)=C/Cc1c(C)c(OC(C)=O)c2ccccc2c1OC(C)=O. The minimum Gasteiger partial charge on any atom is -0.426 e. The summed E-state index contributed by atoms with van der Waals surface area (Å²) < 4.78 is 11.1. The van der Waals surface area contributed by atoms with Crippen molar-refractivity contribution in [1.82, 2.24) is 0 Å². The van der Waals surface area contributed by atoms with Crippen LogP contribution in [0, 0.1) is 6.92 Å². The molecule has 0 amide bonds. The first-order valence-corrected chi connectivity index (χ1v) is 8.91. The molecule has 0 heterocycles. The van der Waals surface area contributed by atoms with Gasteiger partial charge in [-0.3, -0.25) is 9.59 Å². The summed E-state index contributed by atoms with van der Waals surface area (Å²) in [6.45, 7) is 8.92. The zero-order valence-corrected chi connectivity index (χ0v) is 16.1. The summed E-state index contributed by atoms with van der Waals surface area (Å²) in [5.74, 6) is 0.329. The first-order valence-electron chi connectivity index (χ1n) is 8.91. The van der Waals surface area contributed by atoms with Gasteiger partial charge in [-0.25, -0.2) is 0 Å². The molecule has 0 N–H and O–H groups in total. The van der Waals surface area contributed by atoms with Gasteiger partial charge >= 0.3 is 11.9 Å². The molecule has 26 heavy (non-hydrogen) atoms. The molecule has 4 nitrogen and oxygen atoms in total. The Hall–Kier alpha value is -2.62. The van der Waals surface area contributed by atoms with Crippen LogP contribution in [-0.2, 0) is 16.0 Å². The van der Waals surface area contributed by atoms with Crippen LogP contribution in [0.3, 0.4) is 0 Å². The Morgan fingerprint density at radius 1 is 0.962 bits per heavy atom. The third-order valence-corrected chi connectivity index (χ3v) is 4.27. The van der Waals surface area contributed by atoms with Crippen molar-refractivity contribution in [3.8, 4) is 11.5 Å². The third-order valence-electron chi connectivity index (χ3n) is 4.27. The van der Waals surface area contributed by atoms with Crippen molar-refractivity contribution in [2.75, 3.05) is 0 Å². The minimum absolute atomic E-state index is 0.370. The number of allylic oxidation sites excluding steroid dienone is 2. The van der Waals surface area contributed by atoms with Crippen molar-refractivity contribution in [3.63, 3.8) is 0 Å². The summed E-state index contributed by atoms with van der Waals surface area (Å²) >= 11 is 0. The molecule has 0 fully saturated rings. The Labute approximate surface area is 154 Å². The van der Waals surface area contributed by atoms with Crippen LogP contribution in [0.2, 0.25) is 0 Å². The van der Waals surface area contributed by atoms with Gasteiger partial charge in [0, 0.05) is 30.2 Å². The molecule has 4 heteroatoms. The number of fused-ring (bicyclic) bond motifs is 1. The molecule has 138 valence electrons. The number of ether oxygens (including phenoxy) is 2. The van der Waals surface area contributed by atoms with E-state index in [1.807, 2.05) is 31.2 Å². The highest BCUT2D eigenvalue weighted by atomic mass is 16.5. The normalized spacial score (nSPS) is 11.5. The van der Waals surface area contributed by atoms with Crippen molar-refractivity contribution >= 4 is 22.7 Å². The van der Waals surface area contributed by atoms with E-state index in [4.69, 9.17) is 9.47 Å². The predicted octanol–water partition coefficient (Wildman–Crippen LogP) is 5.29. The fourth-order valence-corrected chi connectivity index (χ4v) is 3.11. The van der Waals surface area contributed by atoms with Gasteiger partial charge in [0.15, 0.2) is 0 Å². The van der Waals surface area contributed by atoms with E-state index in [0.717, 1.165) is 34.7 Å². The Bertz CT molecular complexity index is 862. The van der Waals surface area contributed by atoms with Gasteiger partial charge in [-0.1, -0.05) is 49.3 Å². The van der Waals surface area contributed by atoms with E-state index >= 15 is 0 Å². The molecule has 0 saturated carbocycles. The predicted molar refractivity (Wildman–Crippen MR) is 104 cm³/mol. The molecule has 0 spiro atoms. The highest BCUT2D eigenvalue weighted by Gasteiger charge is 2.20. The third kappa shape index (κ3) is 4.51. The Morgan fingerprint density at radius 2 is 1.50 bits per heavy atom. The summed E-state index contributed by atoms with van der Waals surface area (Å²) in [4.78, 5) is 23.3. The molecule has 0 bridgehead atoms. The van der Waals surface area contributed by atoms with Crippen LogP contribution in [0.4, 0.5) is 0 Å². The van der Waals surface area contributed by atoms with Crippen molar-refractivity contribution in [3.05, 3.63) is 47.0 Å². The molecule has 0 saturated heterocycles. The standard InChI is InChI=1S/C22H26O4/c1-6-9-14(2)12-13-18-15(3)21(25-16(4)23)19-10-7-8-11-20(19)22(18)26-17(5)24/h7-8,10-12H,6,9,13H2,1-5H3/b14-12+. The van der Waals surface area contributed by atoms with Crippen LogP contribution in [0.1, 0.15) is 51.7 Å². The lowest BCUT2D eigenvalue weighted by Crippen LogP contribution is -2.09. The summed E-state index contributed by atoms with van der Waals surface area (Å²) in [6.07, 6.45) is 4.85. The number of carbonyl (C=O) groups is 2. The highest BCUT2D eigenvalue weighted by molar-refractivity contribution is 5.98. The van der Waals surface area contributed by atoms with Gasteiger partial charge in [-0.15, -0.1) is 0 Å². The smallest absolute Gasteiger partial charge is 0.308 e. The molecule has 0 radical (unpaired) electrons. The van der Waals surface area contributed by atoms with Gasteiger partial charge in [0.2, 0.25) is 0 Å². The summed E-state index contributed by atoms with van der Waals surface area (Å²) in [6, 6.07) is 7.50. The van der Waals surface area contributed by atoms with E-state index in [2.05, 4.69) is 19.9 Å². The molecule has 2 rings (SSSR count). The molecular weight excluding hydrogens is 328 g/mol. The van der Waals surface area contributed by atoms with E-state index in [0.29, 0.717) is 17.9 Å². The van der Waals surface area contributed by atoms with E-state index < -0.39 is 0 Å². The highest BCUT2D eigenvalue weighted by Crippen LogP contribution is 2.41. The van der Waals surface area contributed by atoms with E-state index in [-0.39, 0.29) is 11.9 Å². The van der Waals surface area contributed by atoms with Crippen LogP contribution >= 0.6 is 0 Å². The fraction of sp³-hybridized carbons (Fsp3) is 0.364. The summed E-state index contributed by atoms with van der Waals surface area (Å²) in [5.41, 5.74) is 2.96. The molecule has 2 aromatic rings. The zero-order chi connectivity index (χ0) is 19.3. The zero-order valence-electron chi connectivity index (χ0n) is 16.1. The molecule has 0 unspecified atom stereocenters. The quantitative estimate of drug-likeness (QED) is 0.402. The van der Waals surface area contributed by atoms with Crippen LogP contribution in [0.15, 0.2) is 35.9 Å². The molecule has 0 aliphatic rings. The maximum absolute atomic E-state index is 11.7. The Kier molecular flexibility index (Phi) is 6.56. The topological polar surface area (TPSA) is 52.6 Å². The van der Waals surface area contributed by atoms with Crippen LogP contribution in [0.25, 0.3) is 10.8 Å². The number of carbonyl (C=O) groups excluding carboxylic acids is 2. The van der Waals surface area contributed by atoms with Gasteiger partial charge < -0.3 is 9.47 Å². The number of rotatable bonds is 6. The number of benzene rings is 2. The van der Waals surface area contributed by atoms with Crippen LogP contribution in [0.5, 0.6) is 11.5 Å². The Morgan fingerprint density at radius 3 is 2.04 bits per heavy atom. The summed E-state index contributed by atoms with van der Waals surface area (Å²) in [7, 11) is 0. The maximum Gasteiger partial charge on any atom is 0.308 e. The van der Waals surface area contributed by atoms with Gasteiger partial charge in [0.25, 0.3) is 0 Å². The Balaban J connectivity index is 2.73. The number of esters is 2. The molecule has 0 aliphatic heterocycles. The number of hydrogen-bond donors (Lipinski definition) is 0. The lowest BCUT2D eigenvalue weighted by Gasteiger charge is -2.18. The average molecular weight is 354 g/mol. The van der Waals surface area contributed by atoms with Crippen molar-refractivity contribution < 1.29 is 19.1 Å². The van der Waals surface area contributed by atoms with Gasteiger partial charge in [-0.2, -0.15) is 0 Å². The largest absolute Gasteiger partial charge is 0.426 e. The second-order valence-corrected chi connectivity index (χ2v) is 6.50. The van der Waals surface area contributed by atoms with Crippen molar-refractivity contribution in [1.29, 1.82) is 0 Å². The fourth-order valence-electron chi connectivity index (χ4n) is 3.11. The average Bonchev–Trinajstić information content (AvgIpc) is 2.57. The maximum atomic E-state index is 11.7. The van der Waals surface area contributed by atoms with Crippen LogP contribution < -0.4 is 9.47 Å². The first-order chi connectivity index (χ1) is 12.3. The molecule has 0 aromatic heterocycles. The first kappa shape index (κ1) is 19.7. The van der Waals surface area contributed by atoms with Crippen molar-refractivity contribution in [2.24, 2.45) is 0 Å². The second-order valence-electron chi connectivity index (χ2n) is 6.50. The van der Waals surface area contributed by atoms with Gasteiger partial charge in [-0.05, 0) is 32.3 Å². The molecular formula is C22H26O4. The van der Waals surface area contributed by atoms with Gasteiger partial charge in [0.05, 0.1) is 0 Å². The minimum atomic E-state index is -0.373. The summed E-state index contributed by atoms with van der Waals surface area (Å²) in [5, 5.41) is 1.52. The van der Waals surface area contributed by atoms with E-state index in [9.17, 15) is 9.59 Å². The molecule has 0 aliphatic carbocycles. The van der Waals surface area contributed by atoms with Crippen molar-refractivity contribution in [2.45, 2.75) is 53.9 Å². The lowest BCUT2D eigenvalue weighted by atomic mass is 9.95. The monoisotopic (exact) mass is 354 g/mol. The lowest BCUT2D eigenvalue weighted by molar-refractivity contribution is -0.133. The van der Waals surface area contributed by atoms with E-state index in [1.54, 1.807) is 0 Å². The number of hydrogen-bond acceptors (Lipinski definition) is 4. The van der Waals surface area contributed by atoms with Gasteiger partial charge in [0.1, 0.15) is 11.5 Å². The molecule has 2 aromatic carbocycles. The van der Waals surface area contributed by atoms with E-state index in [1.165, 1.54) is 19.4 Å².